The number of hydrogen-bond donors (Lipinski definition) is 1. The average Bonchev–Trinajstić information content (AvgIpc) is 2.87. The third-order valence-corrected chi connectivity index (χ3v) is 5.98. The molecule has 1 fully saturated rings. The van der Waals surface area contributed by atoms with Crippen molar-refractivity contribution in [2.75, 3.05) is 0 Å². The maximum Gasteiger partial charge on any atom is 0.111 e. The predicted octanol–water partition coefficient (Wildman–Crippen LogP) is 4.77. The molecule has 0 aliphatic heterocycles. The fraction of sp³-hybridized carbons (Fsp3) is 0.588. The molecule has 0 bridgehead atoms. The van der Waals surface area contributed by atoms with E-state index in [-0.39, 0.29) is 0 Å². The Labute approximate surface area is 125 Å². The minimum absolute atomic E-state index is 0.359. The molecule has 1 aromatic heterocycles. The quantitative estimate of drug-likeness (QED) is 0.880. The zero-order chi connectivity index (χ0) is 14.1. The molecule has 0 saturated heterocycles. The van der Waals surface area contributed by atoms with Crippen LogP contribution >= 0.6 is 11.3 Å². The first-order valence-corrected chi connectivity index (χ1v) is 8.56. The highest BCUT2D eigenvalue weighted by atomic mass is 32.1. The summed E-state index contributed by atoms with van der Waals surface area (Å²) in [4.78, 5) is 4.77. The van der Waals surface area contributed by atoms with Gasteiger partial charge in [0.1, 0.15) is 5.01 Å². The van der Waals surface area contributed by atoms with Crippen LogP contribution in [0.4, 0.5) is 0 Å². The van der Waals surface area contributed by atoms with Crippen LogP contribution in [0.15, 0.2) is 24.3 Å². The largest absolute Gasteiger partial charge is 0.305 e. The van der Waals surface area contributed by atoms with Crippen LogP contribution in [-0.2, 0) is 0 Å². The van der Waals surface area contributed by atoms with Gasteiger partial charge in [-0.2, -0.15) is 0 Å². The van der Waals surface area contributed by atoms with Crippen molar-refractivity contribution >= 4 is 21.6 Å². The summed E-state index contributed by atoms with van der Waals surface area (Å²) in [6.45, 7) is 7.03. The molecule has 1 heterocycles. The summed E-state index contributed by atoms with van der Waals surface area (Å²) in [6, 6.07) is 9.43. The van der Waals surface area contributed by atoms with Crippen molar-refractivity contribution in [2.45, 2.75) is 52.1 Å². The molecule has 4 unspecified atom stereocenters. The Hall–Kier alpha value is -0.930. The monoisotopic (exact) mass is 288 g/mol. The van der Waals surface area contributed by atoms with Gasteiger partial charge in [0.2, 0.25) is 0 Å². The van der Waals surface area contributed by atoms with Crippen molar-refractivity contribution in [3.8, 4) is 0 Å². The zero-order valence-electron chi connectivity index (χ0n) is 12.6. The molecule has 2 nitrogen and oxygen atoms in total. The molecule has 0 spiro atoms. The predicted molar refractivity (Wildman–Crippen MR) is 87.1 cm³/mol. The molecule has 1 saturated carbocycles. The number of hydrogen-bond acceptors (Lipinski definition) is 3. The Morgan fingerprint density at radius 2 is 2.00 bits per heavy atom. The normalized spacial score (nSPS) is 28.6. The number of aromatic nitrogens is 1. The van der Waals surface area contributed by atoms with Gasteiger partial charge in [0.05, 0.1) is 16.3 Å². The van der Waals surface area contributed by atoms with E-state index in [1.54, 1.807) is 0 Å². The Balaban J connectivity index is 1.68. The van der Waals surface area contributed by atoms with Gasteiger partial charge < -0.3 is 5.32 Å². The Morgan fingerprint density at radius 3 is 2.75 bits per heavy atom. The van der Waals surface area contributed by atoms with Crippen LogP contribution in [0.25, 0.3) is 10.2 Å². The minimum atomic E-state index is 0.359. The SMILES string of the molecule is CC(NC1CCC(C)C(C)C1)c1nc2ccccc2s1. The Morgan fingerprint density at radius 1 is 1.20 bits per heavy atom. The first-order chi connectivity index (χ1) is 9.63. The first-order valence-electron chi connectivity index (χ1n) is 7.75. The van der Waals surface area contributed by atoms with E-state index in [1.165, 1.54) is 29.0 Å². The second-order valence-corrected chi connectivity index (χ2v) is 7.43. The molecule has 0 amide bonds. The molecule has 3 heteroatoms. The van der Waals surface area contributed by atoms with Crippen molar-refractivity contribution in [1.82, 2.24) is 10.3 Å². The van der Waals surface area contributed by atoms with Crippen molar-refractivity contribution in [3.05, 3.63) is 29.3 Å². The van der Waals surface area contributed by atoms with Gasteiger partial charge in [0.25, 0.3) is 0 Å². The van der Waals surface area contributed by atoms with E-state index < -0.39 is 0 Å². The van der Waals surface area contributed by atoms with E-state index in [2.05, 4.69) is 50.4 Å². The third kappa shape index (κ3) is 2.89. The summed E-state index contributed by atoms with van der Waals surface area (Å²) >= 11 is 1.82. The van der Waals surface area contributed by atoms with Gasteiger partial charge in [-0.25, -0.2) is 4.98 Å². The number of thiazole rings is 1. The van der Waals surface area contributed by atoms with Gasteiger partial charge in [-0.15, -0.1) is 11.3 Å². The summed E-state index contributed by atoms with van der Waals surface area (Å²) in [6.07, 6.45) is 3.96. The summed E-state index contributed by atoms with van der Waals surface area (Å²) in [5.41, 5.74) is 1.13. The number of fused-ring (bicyclic) bond motifs is 1. The van der Waals surface area contributed by atoms with Crippen LogP contribution in [0.1, 0.15) is 51.1 Å². The average molecular weight is 288 g/mol. The molecule has 2 aromatic rings. The highest BCUT2D eigenvalue weighted by Gasteiger charge is 2.26. The van der Waals surface area contributed by atoms with Crippen LogP contribution < -0.4 is 5.32 Å². The number of nitrogens with one attached hydrogen (secondary N) is 1. The lowest BCUT2D eigenvalue weighted by Gasteiger charge is -2.34. The number of nitrogens with zero attached hydrogens (tertiary/aromatic N) is 1. The molecule has 1 aliphatic rings. The van der Waals surface area contributed by atoms with Gasteiger partial charge >= 0.3 is 0 Å². The van der Waals surface area contributed by atoms with Gasteiger partial charge in [0, 0.05) is 6.04 Å². The van der Waals surface area contributed by atoms with E-state index in [9.17, 15) is 0 Å². The minimum Gasteiger partial charge on any atom is -0.305 e. The van der Waals surface area contributed by atoms with Crippen LogP contribution in [0.3, 0.4) is 0 Å². The lowest BCUT2D eigenvalue weighted by Crippen LogP contribution is -2.37. The van der Waals surface area contributed by atoms with Gasteiger partial charge in [0.15, 0.2) is 0 Å². The zero-order valence-corrected chi connectivity index (χ0v) is 13.4. The second kappa shape index (κ2) is 5.82. The van der Waals surface area contributed by atoms with Gasteiger partial charge in [-0.3, -0.25) is 0 Å². The highest BCUT2D eigenvalue weighted by Crippen LogP contribution is 2.32. The number of para-hydroxylation sites is 1. The van der Waals surface area contributed by atoms with Gasteiger partial charge in [-0.1, -0.05) is 26.0 Å². The third-order valence-electron chi connectivity index (χ3n) is 4.76. The molecule has 1 aliphatic carbocycles. The van der Waals surface area contributed by atoms with Crippen molar-refractivity contribution < 1.29 is 0 Å². The maximum atomic E-state index is 4.77. The summed E-state index contributed by atoms with van der Waals surface area (Å²) < 4.78 is 1.29. The van der Waals surface area contributed by atoms with E-state index in [0.29, 0.717) is 12.1 Å². The topological polar surface area (TPSA) is 24.9 Å². The highest BCUT2D eigenvalue weighted by molar-refractivity contribution is 7.18. The Bertz CT molecular complexity index is 544. The second-order valence-electron chi connectivity index (χ2n) is 6.37. The summed E-state index contributed by atoms with van der Waals surface area (Å²) in [5, 5.41) is 5.01. The summed E-state index contributed by atoms with van der Waals surface area (Å²) in [5.74, 6) is 1.72. The summed E-state index contributed by atoms with van der Waals surface area (Å²) in [7, 11) is 0. The smallest absolute Gasteiger partial charge is 0.111 e. The van der Waals surface area contributed by atoms with Crippen LogP contribution in [0.2, 0.25) is 0 Å². The van der Waals surface area contributed by atoms with Crippen molar-refractivity contribution in [3.63, 3.8) is 0 Å². The number of rotatable bonds is 3. The molecule has 3 rings (SSSR count). The first kappa shape index (κ1) is 14.0. The fourth-order valence-electron chi connectivity index (χ4n) is 3.20. The van der Waals surface area contributed by atoms with Crippen LogP contribution in [0.5, 0.6) is 0 Å². The molecule has 4 atom stereocenters. The molecule has 108 valence electrons. The number of benzene rings is 1. The maximum absolute atomic E-state index is 4.77. The molecular weight excluding hydrogens is 264 g/mol. The van der Waals surface area contributed by atoms with E-state index >= 15 is 0 Å². The lowest BCUT2D eigenvalue weighted by atomic mass is 9.79. The van der Waals surface area contributed by atoms with E-state index in [0.717, 1.165) is 17.4 Å². The van der Waals surface area contributed by atoms with Crippen molar-refractivity contribution in [2.24, 2.45) is 11.8 Å². The van der Waals surface area contributed by atoms with Crippen molar-refractivity contribution in [1.29, 1.82) is 0 Å². The lowest BCUT2D eigenvalue weighted by molar-refractivity contribution is 0.217. The molecule has 1 aromatic carbocycles. The van der Waals surface area contributed by atoms with E-state index in [4.69, 9.17) is 4.98 Å². The fourth-order valence-corrected chi connectivity index (χ4v) is 4.18. The molecule has 0 radical (unpaired) electrons. The molecule has 20 heavy (non-hydrogen) atoms. The molecule has 1 N–H and O–H groups in total. The standard InChI is InChI=1S/C17H24N2S/c1-11-8-9-14(10-12(11)2)18-13(3)17-19-15-6-4-5-7-16(15)20-17/h4-7,11-14,18H,8-10H2,1-3H3. The van der Waals surface area contributed by atoms with Gasteiger partial charge in [-0.05, 0) is 50.2 Å². The van der Waals surface area contributed by atoms with Crippen LogP contribution in [-0.4, -0.2) is 11.0 Å². The van der Waals surface area contributed by atoms with E-state index in [1.807, 2.05) is 11.3 Å². The van der Waals surface area contributed by atoms with Crippen LogP contribution in [0, 0.1) is 11.8 Å². The molecular formula is C17H24N2S. The Kier molecular flexibility index (Phi) is 4.08.